The van der Waals surface area contributed by atoms with Crippen molar-refractivity contribution < 1.29 is 31.8 Å². The Hall–Kier alpha value is -3.79. The fourth-order valence-corrected chi connectivity index (χ4v) is 9.34. The highest BCUT2D eigenvalue weighted by atomic mass is 32.2. The first-order valence-electron chi connectivity index (χ1n) is 16.1. The molecule has 15 heteroatoms. The van der Waals surface area contributed by atoms with Crippen molar-refractivity contribution >= 4 is 37.5 Å². The van der Waals surface area contributed by atoms with E-state index in [-0.39, 0.29) is 36.1 Å². The van der Waals surface area contributed by atoms with Gasteiger partial charge in [0.25, 0.3) is 11.5 Å². The zero-order chi connectivity index (χ0) is 34.0. The summed E-state index contributed by atoms with van der Waals surface area (Å²) >= 11 is 1.18. The van der Waals surface area contributed by atoms with Crippen molar-refractivity contribution in [1.29, 1.82) is 0 Å². The van der Waals surface area contributed by atoms with E-state index in [0.717, 1.165) is 17.4 Å². The Morgan fingerprint density at radius 3 is 2.54 bits per heavy atom. The van der Waals surface area contributed by atoms with E-state index in [4.69, 9.17) is 18.6 Å². The van der Waals surface area contributed by atoms with Crippen molar-refractivity contribution in [3.63, 3.8) is 0 Å². The Morgan fingerprint density at radius 1 is 1.19 bits per heavy atom. The van der Waals surface area contributed by atoms with Crippen LogP contribution in [0.2, 0.25) is 0 Å². The fourth-order valence-electron chi connectivity index (χ4n) is 6.78. The van der Waals surface area contributed by atoms with Gasteiger partial charge in [0, 0.05) is 5.56 Å². The standard InChI is InChI=1S/C33H38N4O9S2/c1-18-26-30(39)37(19(2)28(38)35-48(41,42)33(3)11-12-33)32(40)36(31(26)47-27(18)29-34-13-14-44-29)17-25(23-7-5-6-8-24(23)43-4)46-22-15-20-9-10-21(16-22)45-20/h5-8,13-14,19-22,25H,9-12,15-17H2,1-4H3,(H,35,38)/t19?,20-,21+,22?,25?. The number of carbonyl (C=O) groups is 1. The summed E-state index contributed by atoms with van der Waals surface area (Å²) in [6.07, 6.45) is 6.50. The fraction of sp³-hybridized carbons (Fsp3) is 0.515. The third kappa shape index (κ3) is 5.69. The van der Waals surface area contributed by atoms with Crippen LogP contribution in [-0.4, -0.2) is 58.6 Å². The van der Waals surface area contributed by atoms with Gasteiger partial charge >= 0.3 is 5.69 Å². The highest BCUT2D eigenvalue weighted by molar-refractivity contribution is 7.91. The highest BCUT2D eigenvalue weighted by Gasteiger charge is 2.51. The number of carbonyl (C=O) groups excluding carboxylic acids is 1. The molecule has 256 valence electrons. The molecule has 0 radical (unpaired) electrons. The molecule has 7 rings (SSSR count). The lowest BCUT2D eigenvalue weighted by molar-refractivity contribution is -0.122. The summed E-state index contributed by atoms with van der Waals surface area (Å²) in [5.41, 5.74) is -0.258. The van der Waals surface area contributed by atoms with Crippen LogP contribution in [0.15, 0.2) is 50.7 Å². The maximum atomic E-state index is 14.5. The van der Waals surface area contributed by atoms with Gasteiger partial charge in [0.05, 0.1) is 53.2 Å². The van der Waals surface area contributed by atoms with Crippen molar-refractivity contribution in [2.75, 3.05) is 7.11 Å². The highest BCUT2D eigenvalue weighted by Crippen LogP contribution is 2.43. The summed E-state index contributed by atoms with van der Waals surface area (Å²) in [4.78, 5) is 47.3. The zero-order valence-electron chi connectivity index (χ0n) is 27.1. The first-order chi connectivity index (χ1) is 22.9. The van der Waals surface area contributed by atoms with Crippen molar-refractivity contribution in [1.82, 2.24) is 18.8 Å². The molecule has 3 unspecified atom stereocenters. The molecule has 4 aromatic rings. The number of benzene rings is 1. The molecule has 1 aromatic carbocycles. The number of aromatic nitrogens is 3. The third-order valence-corrected chi connectivity index (χ3v) is 13.4. The second-order valence-corrected chi connectivity index (χ2v) is 16.4. The summed E-state index contributed by atoms with van der Waals surface area (Å²) in [7, 11) is -2.45. The van der Waals surface area contributed by atoms with E-state index in [1.54, 1.807) is 21.0 Å². The number of nitrogens with one attached hydrogen (secondary N) is 1. The largest absolute Gasteiger partial charge is 0.496 e. The van der Waals surface area contributed by atoms with Gasteiger partial charge < -0.3 is 18.6 Å². The molecule has 1 saturated carbocycles. The first kappa shape index (κ1) is 32.7. The molecular formula is C33H38N4O9S2. The second-order valence-electron chi connectivity index (χ2n) is 13.2. The zero-order valence-corrected chi connectivity index (χ0v) is 28.8. The van der Waals surface area contributed by atoms with E-state index in [1.165, 1.54) is 35.3 Å². The van der Waals surface area contributed by atoms with E-state index in [0.29, 0.717) is 52.3 Å². The minimum absolute atomic E-state index is 0.0294. The maximum absolute atomic E-state index is 14.5. The van der Waals surface area contributed by atoms with Crippen LogP contribution in [0, 0.1) is 6.92 Å². The summed E-state index contributed by atoms with van der Waals surface area (Å²) in [5, 5.41) is 0.201. The van der Waals surface area contributed by atoms with E-state index in [9.17, 15) is 22.8 Å². The van der Waals surface area contributed by atoms with Crippen LogP contribution >= 0.6 is 11.3 Å². The Kier molecular flexibility index (Phi) is 8.37. The number of fused-ring (bicyclic) bond motifs is 3. The van der Waals surface area contributed by atoms with E-state index >= 15 is 0 Å². The molecule has 48 heavy (non-hydrogen) atoms. The minimum atomic E-state index is -4.02. The van der Waals surface area contributed by atoms with Crippen LogP contribution in [0.5, 0.6) is 5.75 Å². The Balaban J connectivity index is 1.37. The quantitative estimate of drug-likeness (QED) is 0.240. The molecule has 5 heterocycles. The number of oxazole rings is 1. The van der Waals surface area contributed by atoms with Gasteiger partial charge in [-0.05, 0) is 70.9 Å². The van der Waals surface area contributed by atoms with Crippen LogP contribution in [0.1, 0.15) is 75.6 Å². The normalized spacial score (nSPS) is 22.8. The molecular weight excluding hydrogens is 661 g/mol. The molecule has 1 aliphatic carbocycles. The smallest absolute Gasteiger partial charge is 0.332 e. The van der Waals surface area contributed by atoms with Crippen LogP contribution < -0.4 is 20.7 Å². The molecule has 1 N–H and O–H groups in total. The maximum Gasteiger partial charge on any atom is 0.332 e. The molecule has 0 spiro atoms. The summed E-state index contributed by atoms with van der Waals surface area (Å²) < 4.78 is 53.4. The number of hydrogen-bond donors (Lipinski definition) is 1. The van der Waals surface area contributed by atoms with E-state index in [1.807, 2.05) is 24.3 Å². The molecule has 2 saturated heterocycles. The topological polar surface area (TPSA) is 161 Å². The lowest BCUT2D eigenvalue weighted by atomic mass is 10.0. The lowest BCUT2D eigenvalue weighted by Crippen LogP contribution is -2.48. The van der Waals surface area contributed by atoms with Crippen molar-refractivity contribution in [2.45, 2.75) is 101 Å². The van der Waals surface area contributed by atoms with Gasteiger partial charge in [-0.1, -0.05) is 18.2 Å². The summed E-state index contributed by atoms with van der Waals surface area (Å²) in [6, 6.07) is 5.97. The molecule has 3 aromatic heterocycles. The number of aryl methyl sites for hydroxylation is 1. The Labute approximate surface area is 280 Å². The van der Waals surface area contributed by atoms with Gasteiger partial charge in [0.2, 0.25) is 15.9 Å². The van der Waals surface area contributed by atoms with E-state index < -0.39 is 44.1 Å². The molecule has 3 aliphatic rings. The molecule has 2 bridgehead atoms. The Morgan fingerprint density at radius 2 is 1.90 bits per heavy atom. The first-order valence-corrected chi connectivity index (χ1v) is 18.4. The van der Waals surface area contributed by atoms with Gasteiger partial charge in [0.15, 0.2) is 0 Å². The minimum Gasteiger partial charge on any atom is -0.496 e. The monoisotopic (exact) mass is 698 g/mol. The molecule has 5 atom stereocenters. The number of para-hydroxylation sites is 1. The van der Waals surface area contributed by atoms with E-state index in [2.05, 4.69) is 9.71 Å². The second kappa shape index (κ2) is 12.3. The molecule has 1 amide bonds. The molecule has 3 fully saturated rings. The number of nitrogens with zero attached hydrogens (tertiary/aromatic N) is 3. The number of amides is 1. The van der Waals surface area contributed by atoms with Crippen molar-refractivity contribution in [3.8, 4) is 16.5 Å². The van der Waals surface area contributed by atoms with Crippen LogP contribution in [-0.2, 0) is 30.8 Å². The average Bonchev–Trinajstić information content (AvgIpc) is 3.35. The molecule has 2 aliphatic heterocycles. The summed E-state index contributed by atoms with van der Waals surface area (Å²) in [6.45, 7) is 4.60. The number of thiophene rings is 1. The third-order valence-electron chi connectivity index (χ3n) is 9.91. The lowest BCUT2D eigenvalue weighted by Gasteiger charge is -2.32. The number of ether oxygens (including phenoxy) is 3. The van der Waals surface area contributed by atoms with Gasteiger partial charge in [0.1, 0.15) is 29.0 Å². The number of rotatable bonds is 11. The van der Waals surface area contributed by atoms with Crippen molar-refractivity contribution in [2.24, 2.45) is 0 Å². The number of sulfonamides is 1. The predicted octanol–water partition coefficient (Wildman–Crippen LogP) is 4.22. The average molecular weight is 699 g/mol. The van der Waals surface area contributed by atoms with Crippen LogP contribution in [0.25, 0.3) is 21.0 Å². The van der Waals surface area contributed by atoms with Gasteiger partial charge in [-0.3, -0.25) is 18.9 Å². The Bertz CT molecular complexity index is 2080. The summed E-state index contributed by atoms with van der Waals surface area (Å²) in [5.74, 6) is -0.114. The number of hydrogen-bond acceptors (Lipinski definition) is 11. The van der Waals surface area contributed by atoms with Crippen LogP contribution in [0.3, 0.4) is 0 Å². The van der Waals surface area contributed by atoms with Gasteiger partial charge in [-0.15, -0.1) is 11.3 Å². The van der Waals surface area contributed by atoms with Gasteiger partial charge in [-0.25, -0.2) is 22.8 Å². The van der Waals surface area contributed by atoms with Gasteiger partial charge in [-0.2, -0.15) is 0 Å². The molecule has 13 nitrogen and oxygen atoms in total. The van der Waals surface area contributed by atoms with Crippen molar-refractivity contribution in [3.05, 3.63) is 68.7 Å². The van der Waals surface area contributed by atoms with Crippen LogP contribution in [0.4, 0.5) is 0 Å². The number of methoxy groups -OCH3 is 1. The SMILES string of the molecule is COc1ccccc1C(Cn1c(=O)n(C(C)C(=O)NS(=O)(=O)C2(C)CC2)c(=O)c2c(C)c(-c3ncco3)sc21)OC1C[C@H]2CC[C@@H](C1)O2. The predicted molar refractivity (Wildman–Crippen MR) is 178 cm³/mol.